The number of nitrogens with zero attached hydrogens (tertiary/aromatic N) is 1. The van der Waals surface area contributed by atoms with E-state index in [-0.39, 0.29) is 5.54 Å². The molecule has 0 atom stereocenters. The third-order valence-corrected chi connectivity index (χ3v) is 2.25. The Labute approximate surface area is 104 Å². The van der Waals surface area contributed by atoms with Crippen molar-refractivity contribution in [1.82, 2.24) is 10.3 Å². The highest BCUT2D eigenvalue weighted by Gasteiger charge is 2.11. The second-order valence-electron chi connectivity index (χ2n) is 5.74. The molecule has 0 saturated carbocycles. The van der Waals surface area contributed by atoms with Crippen molar-refractivity contribution in [3.05, 3.63) is 12.0 Å². The Kier molecular flexibility index (Phi) is 5.00. The summed E-state index contributed by atoms with van der Waals surface area (Å²) in [5.74, 6) is 0.631. The van der Waals surface area contributed by atoms with Crippen LogP contribution in [0.4, 0.5) is 0 Å². The Morgan fingerprint density at radius 3 is 2.71 bits per heavy atom. The zero-order valence-electron chi connectivity index (χ0n) is 11.5. The smallest absolute Gasteiger partial charge is 0.393 e. The molecule has 17 heavy (non-hydrogen) atoms. The molecule has 0 aromatic carbocycles. The van der Waals surface area contributed by atoms with Crippen LogP contribution in [0.3, 0.4) is 0 Å². The minimum atomic E-state index is 0.0810. The topological polar surface area (TPSA) is 47.3 Å². The Bertz CT molecular complexity index is 326. The maximum atomic E-state index is 5.42. The molecule has 0 unspecified atom stereocenters. The van der Waals surface area contributed by atoms with Crippen LogP contribution in [-0.2, 0) is 6.54 Å². The van der Waals surface area contributed by atoms with Crippen LogP contribution in [0.25, 0.3) is 0 Å². The van der Waals surface area contributed by atoms with Gasteiger partial charge in [0.15, 0.2) is 0 Å². The van der Waals surface area contributed by atoms with Crippen molar-refractivity contribution in [2.75, 3.05) is 6.61 Å². The summed E-state index contributed by atoms with van der Waals surface area (Å²) in [6.07, 6.45) is 3.03. The normalized spacial score (nSPS) is 12.1. The summed E-state index contributed by atoms with van der Waals surface area (Å²) < 4.78 is 10.7. The summed E-state index contributed by atoms with van der Waals surface area (Å²) >= 11 is 0. The van der Waals surface area contributed by atoms with E-state index in [4.69, 9.17) is 9.15 Å². The van der Waals surface area contributed by atoms with E-state index in [1.54, 1.807) is 6.26 Å². The first kappa shape index (κ1) is 14.0. The molecule has 0 radical (unpaired) electrons. The lowest BCUT2D eigenvalue weighted by atomic mass is 10.1. The van der Waals surface area contributed by atoms with Crippen LogP contribution >= 0.6 is 0 Å². The van der Waals surface area contributed by atoms with E-state index in [0.717, 1.165) is 12.1 Å². The van der Waals surface area contributed by atoms with Gasteiger partial charge in [0.2, 0.25) is 0 Å². The largest absolute Gasteiger partial charge is 0.450 e. The molecule has 1 aromatic rings. The maximum Gasteiger partial charge on any atom is 0.393 e. The minimum Gasteiger partial charge on any atom is -0.450 e. The molecule has 4 nitrogen and oxygen atoms in total. The van der Waals surface area contributed by atoms with Crippen LogP contribution in [0.5, 0.6) is 6.08 Å². The number of hydrogen-bond donors (Lipinski definition) is 1. The predicted molar refractivity (Wildman–Crippen MR) is 68.0 cm³/mol. The first-order valence-electron chi connectivity index (χ1n) is 6.19. The van der Waals surface area contributed by atoms with E-state index in [2.05, 4.69) is 44.9 Å². The molecule has 0 aliphatic rings. The molecule has 0 aliphatic carbocycles. The highest BCUT2D eigenvalue weighted by molar-refractivity contribution is 5.00. The monoisotopic (exact) mass is 240 g/mol. The Morgan fingerprint density at radius 1 is 1.41 bits per heavy atom. The molecular weight excluding hydrogens is 216 g/mol. The average Bonchev–Trinajstić information content (AvgIpc) is 2.61. The van der Waals surface area contributed by atoms with Gasteiger partial charge in [-0.1, -0.05) is 13.8 Å². The lowest BCUT2D eigenvalue weighted by molar-refractivity contribution is 0.216. The van der Waals surface area contributed by atoms with Crippen molar-refractivity contribution in [2.45, 2.75) is 53.1 Å². The van der Waals surface area contributed by atoms with Crippen LogP contribution in [0.1, 0.15) is 46.7 Å². The third-order valence-electron chi connectivity index (χ3n) is 2.25. The van der Waals surface area contributed by atoms with Gasteiger partial charge in [-0.2, -0.15) is 4.98 Å². The molecule has 98 valence electrons. The van der Waals surface area contributed by atoms with Gasteiger partial charge in [0.1, 0.15) is 6.26 Å². The van der Waals surface area contributed by atoms with Crippen molar-refractivity contribution in [3.8, 4) is 6.08 Å². The van der Waals surface area contributed by atoms with Crippen LogP contribution in [0.2, 0.25) is 0 Å². The van der Waals surface area contributed by atoms with Gasteiger partial charge in [0.25, 0.3) is 0 Å². The highest BCUT2D eigenvalue weighted by Crippen LogP contribution is 2.12. The summed E-state index contributed by atoms with van der Waals surface area (Å²) in [5, 5.41) is 3.35. The number of aromatic nitrogens is 1. The fourth-order valence-electron chi connectivity index (χ4n) is 1.17. The second kappa shape index (κ2) is 6.05. The number of oxazole rings is 1. The zero-order chi connectivity index (χ0) is 12.9. The summed E-state index contributed by atoms with van der Waals surface area (Å²) in [4.78, 5) is 4.26. The first-order valence-corrected chi connectivity index (χ1v) is 6.19. The number of ether oxygens (including phenoxy) is 1. The minimum absolute atomic E-state index is 0.0810. The van der Waals surface area contributed by atoms with Crippen molar-refractivity contribution >= 4 is 0 Å². The molecule has 0 spiro atoms. The van der Waals surface area contributed by atoms with Crippen molar-refractivity contribution < 1.29 is 9.15 Å². The van der Waals surface area contributed by atoms with E-state index in [1.165, 1.54) is 0 Å². The van der Waals surface area contributed by atoms with E-state index < -0.39 is 0 Å². The molecular formula is C13H24N2O2. The second-order valence-corrected chi connectivity index (χ2v) is 5.74. The van der Waals surface area contributed by atoms with E-state index in [0.29, 0.717) is 25.1 Å². The third kappa shape index (κ3) is 6.31. The number of rotatable bonds is 6. The van der Waals surface area contributed by atoms with Gasteiger partial charge in [0.05, 0.1) is 12.3 Å². The molecule has 0 bridgehead atoms. The van der Waals surface area contributed by atoms with Gasteiger partial charge in [-0.15, -0.1) is 0 Å². The molecule has 4 heteroatoms. The maximum absolute atomic E-state index is 5.42. The Hall–Kier alpha value is -1.03. The summed E-state index contributed by atoms with van der Waals surface area (Å²) in [7, 11) is 0. The quantitative estimate of drug-likeness (QED) is 0.830. The predicted octanol–water partition coefficient (Wildman–Crippen LogP) is 2.99. The zero-order valence-corrected chi connectivity index (χ0v) is 11.5. The first-order chi connectivity index (χ1) is 7.87. The standard InChI is InChI=1S/C13H24N2O2/c1-10(2)6-7-16-12-15-11(9-17-12)8-14-13(3,4)5/h9-10,14H,6-8H2,1-5H3. The molecule has 0 saturated heterocycles. The summed E-state index contributed by atoms with van der Waals surface area (Å²) in [5.41, 5.74) is 0.955. The molecule has 1 aromatic heterocycles. The van der Waals surface area contributed by atoms with Crippen molar-refractivity contribution in [2.24, 2.45) is 5.92 Å². The highest BCUT2D eigenvalue weighted by atomic mass is 16.6. The Morgan fingerprint density at radius 2 is 2.12 bits per heavy atom. The van der Waals surface area contributed by atoms with Crippen LogP contribution < -0.4 is 10.1 Å². The fourth-order valence-corrected chi connectivity index (χ4v) is 1.17. The molecule has 1 rings (SSSR count). The van der Waals surface area contributed by atoms with Gasteiger partial charge in [0, 0.05) is 12.1 Å². The average molecular weight is 240 g/mol. The fraction of sp³-hybridized carbons (Fsp3) is 0.769. The summed E-state index contributed by atoms with van der Waals surface area (Å²) in [6, 6.07) is 0. The van der Waals surface area contributed by atoms with E-state index in [9.17, 15) is 0 Å². The van der Waals surface area contributed by atoms with Gasteiger partial charge < -0.3 is 14.5 Å². The van der Waals surface area contributed by atoms with E-state index in [1.807, 2.05) is 0 Å². The summed E-state index contributed by atoms with van der Waals surface area (Å²) in [6.45, 7) is 12.0. The van der Waals surface area contributed by atoms with Crippen LogP contribution in [0.15, 0.2) is 10.7 Å². The SMILES string of the molecule is CC(C)CCOc1nc(CNC(C)(C)C)co1. The van der Waals surface area contributed by atoms with Crippen molar-refractivity contribution in [3.63, 3.8) is 0 Å². The number of nitrogens with one attached hydrogen (secondary N) is 1. The van der Waals surface area contributed by atoms with Crippen LogP contribution in [-0.4, -0.2) is 17.1 Å². The molecule has 1 N–H and O–H groups in total. The molecule has 0 aliphatic heterocycles. The molecule has 0 fully saturated rings. The number of hydrogen-bond acceptors (Lipinski definition) is 4. The Balaban J connectivity index is 2.32. The van der Waals surface area contributed by atoms with Gasteiger partial charge in [-0.3, -0.25) is 0 Å². The molecule has 0 amide bonds. The lowest BCUT2D eigenvalue weighted by Crippen LogP contribution is -2.35. The lowest BCUT2D eigenvalue weighted by Gasteiger charge is -2.19. The van der Waals surface area contributed by atoms with Gasteiger partial charge in [-0.05, 0) is 33.1 Å². The molecule has 1 heterocycles. The van der Waals surface area contributed by atoms with Crippen LogP contribution in [0, 0.1) is 5.92 Å². The van der Waals surface area contributed by atoms with Crippen molar-refractivity contribution in [1.29, 1.82) is 0 Å². The van der Waals surface area contributed by atoms with Gasteiger partial charge in [-0.25, -0.2) is 0 Å². The van der Waals surface area contributed by atoms with Gasteiger partial charge >= 0.3 is 6.08 Å². The van der Waals surface area contributed by atoms with E-state index >= 15 is 0 Å².